The van der Waals surface area contributed by atoms with Crippen molar-refractivity contribution >= 4 is 40.8 Å². The first-order valence-corrected chi connectivity index (χ1v) is 10.2. The molecule has 1 aliphatic carbocycles. The van der Waals surface area contributed by atoms with Crippen molar-refractivity contribution in [1.29, 1.82) is 0 Å². The Morgan fingerprint density at radius 1 is 1.22 bits per heavy atom. The average Bonchev–Trinajstić information content (AvgIpc) is 2.74. The smallest absolute Gasteiger partial charge is 0.430 e. The number of benzene rings is 2. The van der Waals surface area contributed by atoms with Crippen LogP contribution in [0.3, 0.4) is 0 Å². The summed E-state index contributed by atoms with van der Waals surface area (Å²) >= 11 is 12.8. The number of carboxylic acids is 1. The standard InChI is InChI=1S/C23H15Cl2F3O4/c24-17-11-15-10-16(21(29)30)20(23(26,27)28)31-18(15)12-19(17)32-22(25)8-6-14(7-9-22)13-4-2-1-3-5-13/h1-8,10-12,20H,9H2,(H,29,30). The number of aliphatic carboxylic acids is 1. The molecule has 32 heavy (non-hydrogen) atoms. The number of fused-ring (bicyclic) bond motifs is 1. The minimum Gasteiger partial charge on any atom is -0.478 e. The molecule has 2 aliphatic rings. The van der Waals surface area contributed by atoms with Gasteiger partial charge in [0.2, 0.25) is 11.2 Å². The van der Waals surface area contributed by atoms with E-state index in [0.717, 1.165) is 17.2 Å². The maximum Gasteiger partial charge on any atom is 0.430 e. The summed E-state index contributed by atoms with van der Waals surface area (Å²) in [5, 5.41) is 7.88. The van der Waals surface area contributed by atoms with Crippen LogP contribution in [-0.4, -0.2) is 28.4 Å². The lowest BCUT2D eigenvalue weighted by molar-refractivity contribution is -0.187. The second-order valence-electron chi connectivity index (χ2n) is 7.22. The average molecular weight is 483 g/mol. The molecule has 9 heteroatoms. The van der Waals surface area contributed by atoms with E-state index in [9.17, 15) is 18.0 Å². The zero-order valence-corrected chi connectivity index (χ0v) is 17.7. The lowest BCUT2D eigenvalue weighted by Gasteiger charge is -2.30. The van der Waals surface area contributed by atoms with Crippen molar-refractivity contribution in [3.8, 4) is 11.5 Å². The largest absolute Gasteiger partial charge is 0.478 e. The van der Waals surface area contributed by atoms with Crippen LogP contribution >= 0.6 is 23.2 Å². The van der Waals surface area contributed by atoms with Crippen LogP contribution in [0.5, 0.6) is 11.5 Å². The number of halogens is 5. The third kappa shape index (κ3) is 4.49. The minimum absolute atomic E-state index is 0.00901. The van der Waals surface area contributed by atoms with Gasteiger partial charge in [-0.15, -0.1) is 0 Å². The fourth-order valence-electron chi connectivity index (χ4n) is 3.40. The van der Waals surface area contributed by atoms with Crippen molar-refractivity contribution in [3.63, 3.8) is 0 Å². The van der Waals surface area contributed by atoms with Crippen LogP contribution in [0.1, 0.15) is 17.5 Å². The van der Waals surface area contributed by atoms with Gasteiger partial charge in [-0.2, -0.15) is 13.2 Å². The van der Waals surface area contributed by atoms with E-state index in [1.807, 2.05) is 36.4 Å². The molecule has 0 aromatic heterocycles. The zero-order chi connectivity index (χ0) is 23.1. The van der Waals surface area contributed by atoms with Crippen LogP contribution in [0, 0.1) is 0 Å². The van der Waals surface area contributed by atoms with Crippen LogP contribution < -0.4 is 9.47 Å². The summed E-state index contributed by atoms with van der Waals surface area (Å²) < 4.78 is 50.7. The molecule has 2 aromatic rings. The highest BCUT2D eigenvalue weighted by atomic mass is 35.5. The number of hydrogen-bond acceptors (Lipinski definition) is 3. The van der Waals surface area contributed by atoms with Crippen molar-refractivity contribution in [2.75, 3.05) is 0 Å². The van der Waals surface area contributed by atoms with E-state index in [-0.39, 0.29) is 28.5 Å². The van der Waals surface area contributed by atoms with E-state index < -0.39 is 28.9 Å². The summed E-state index contributed by atoms with van der Waals surface area (Å²) in [6, 6.07) is 12.1. The van der Waals surface area contributed by atoms with Crippen molar-refractivity contribution in [1.82, 2.24) is 0 Å². The summed E-state index contributed by atoms with van der Waals surface area (Å²) in [6.45, 7) is 0. The predicted molar refractivity (Wildman–Crippen MR) is 115 cm³/mol. The molecule has 0 radical (unpaired) electrons. The number of carbonyl (C=O) groups is 1. The third-order valence-corrected chi connectivity index (χ3v) is 5.60. The Hall–Kier alpha value is -2.90. The fourth-order valence-corrected chi connectivity index (χ4v) is 3.83. The fraction of sp³-hybridized carbons (Fsp3) is 0.174. The number of hydrogen-bond donors (Lipinski definition) is 1. The first-order valence-electron chi connectivity index (χ1n) is 9.40. The highest BCUT2D eigenvalue weighted by Crippen LogP contribution is 2.43. The summed E-state index contributed by atoms with van der Waals surface area (Å²) in [5.74, 6) is -1.94. The van der Waals surface area contributed by atoms with Gasteiger partial charge in [-0.3, -0.25) is 0 Å². The van der Waals surface area contributed by atoms with Gasteiger partial charge in [-0.05, 0) is 29.4 Å². The van der Waals surface area contributed by atoms with E-state index in [0.29, 0.717) is 0 Å². The first-order chi connectivity index (χ1) is 15.1. The summed E-state index contributed by atoms with van der Waals surface area (Å²) in [5.41, 5.74) is 1.11. The molecular weight excluding hydrogens is 468 g/mol. The van der Waals surface area contributed by atoms with E-state index >= 15 is 0 Å². The van der Waals surface area contributed by atoms with Gasteiger partial charge in [0.05, 0.1) is 10.6 Å². The molecule has 0 fully saturated rings. The van der Waals surface area contributed by atoms with E-state index in [4.69, 9.17) is 37.8 Å². The molecule has 2 unspecified atom stereocenters. The molecule has 166 valence electrons. The molecular formula is C23H15Cl2F3O4. The molecule has 4 rings (SSSR count). The normalized spacial score (nSPS) is 22.3. The van der Waals surface area contributed by atoms with Crippen LogP contribution in [0.25, 0.3) is 11.6 Å². The molecule has 4 nitrogen and oxygen atoms in total. The molecule has 1 N–H and O–H groups in total. The molecule has 0 bridgehead atoms. The van der Waals surface area contributed by atoms with Gasteiger partial charge in [0.25, 0.3) is 0 Å². The highest BCUT2D eigenvalue weighted by molar-refractivity contribution is 6.32. The number of carboxylic acid groups (broad SMARTS) is 1. The Morgan fingerprint density at radius 2 is 1.94 bits per heavy atom. The minimum atomic E-state index is -4.92. The van der Waals surface area contributed by atoms with Gasteiger partial charge in [0, 0.05) is 18.1 Å². The van der Waals surface area contributed by atoms with Gasteiger partial charge < -0.3 is 14.6 Å². The SMILES string of the molecule is O=C(O)C1=Cc2cc(Cl)c(OC3(Cl)C=CC(c4ccccc4)=CC3)cc2OC1C(F)(F)F. The summed E-state index contributed by atoms with van der Waals surface area (Å²) in [4.78, 5) is 11.3. The molecule has 0 spiro atoms. The van der Waals surface area contributed by atoms with Crippen LogP contribution in [0.4, 0.5) is 13.2 Å². The van der Waals surface area contributed by atoms with Crippen molar-refractivity contribution in [2.45, 2.75) is 23.8 Å². The zero-order valence-electron chi connectivity index (χ0n) is 16.2. The monoisotopic (exact) mass is 482 g/mol. The van der Waals surface area contributed by atoms with E-state index in [1.54, 1.807) is 12.2 Å². The Balaban J connectivity index is 1.60. The van der Waals surface area contributed by atoms with Gasteiger partial charge in [-0.1, -0.05) is 65.7 Å². The van der Waals surface area contributed by atoms with Crippen LogP contribution in [-0.2, 0) is 4.79 Å². The number of ether oxygens (including phenoxy) is 2. The van der Waals surface area contributed by atoms with Gasteiger partial charge in [0.1, 0.15) is 11.5 Å². The third-order valence-electron chi connectivity index (χ3n) is 4.95. The molecule has 1 aliphatic heterocycles. The van der Waals surface area contributed by atoms with Crippen LogP contribution in [0.2, 0.25) is 5.02 Å². The summed E-state index contributed by atoms with van der Waals surface area (Å²) in [7, 11) is 0. The van der Waals surface area contributed by atoms with Crippen molar-refractivity contribution in [2.24, 2.45) is 0 Å². The van der Waals surface area contributed by atoms with Gasteiger partial charge >= 0.3 is 12.1 Å². The second-order valence-corrected chi connectivity index (χ2v) is 8.26. The number of rotatable bonds is 4. The van der Waals surface area contributed by atoms with Gasteiger partial charge in [0.15, 0.2) is 0 Å². The molecule has 0 saturated heterocycles. The number of alkyl halides is 4. The molecule has 1 heterocycles. The maximum atomic E-state index is 13.3. The van der Waals surface area contributed by atoms with Crippen LogP contribution in [0.15, 0.2) is 66.3 Å². The Labute approximate surface area is 191 Å². The lowest BCUT2D eigenvalue weighted by atomic mass is 9.98. The number of allylic oxidation sites excluding steroid dienone is 2. The molecule has 0 amide bonds. The Morgan fingerprint density at radius 3 is 2.53 bits per heavy atom. The maximum absolute atomic E-state index is 13.3. The van der Waals surface area contributed by atoms with Crippen molar-refractivity contribution in [3.05, 3.63) is 82.4 Å². The Bertz CT molecular complexity index is 1160. The first kappa shape index (κ1) is 22.3. The predicted octanol–water partition coefficient (Wildman–Crippen LogP) is 6.49. The molecule has 0 saturated carbocycles. The Kier molecular flexibility index (Phi) is 5.73. The molecule has 2 aromatic carbocycles. The molecule has 2 atom stereocenters. The quantitative estimate of drug-likeness (QED) is 0.506. The summed E-state index contributed by atoms with van der Waals surface area (Å²) in [6.07, 6.45) is -1.06. The topological polar surface area (TPSA) is 55.8 Å². The second kappa shape index (κ2) is 8.22. The highest BCUT2D eigenvalue weighted by Gasteiger charge is 2.48. The van der Waals surface area contributed by atoms with E-state index in [1.165, 1.54) is 12.1 Å². The van der Waals surface area contributed by atoms with E-state index in [2.05, 4.69) is 0 Å². The lowest BCUT2D eigenvalue weighted by Crippen LogP contribution is -2.40. The van der Waals surface area contributed by atoms with Crippen molar-refractivity contribution < 1.29 is 32.5 Å². The van der Waals surface area contributed by atoms with Gasteiger partial charge in [-0.25, -0.2) is 4.79 Å².